The number of rotatable bonds is 5. The zero-order chi connectivity index (χ0) is 15.7. The third kappa shape index (κ3) is 3.20. The number of carbonyl (C=O) groups excluding carboxylic acids is 1. The van der Waals surface area contributed by atoms with E-state index in [1.807, 2.05) is 0 Å². The van der Waals surface area contributed by atoms with Crippen LogP contribution in [-0.4, -0.2) is 38.1 Å². The van der Waals surface area contributed by atoms with Crippen LogP contribution in [0.15, 0.2) is 24.3 Å². The minimum Gasteiger partial charge on any atom is -0.383 e. The molecule has 116 valence electrons. The van der Waals surface area contributed by atoms with Crippen molar-refractivity contribution in [1.82, 2.24) is 4.90 Å². The predicted molar refractivity (Wildman–Crippen MR) is 71.9 cm³/mol. The van der Waals surface area contributed by atoms with Crippen molar-refractivity contribution < 1.29 is 22.7 Å². The smallest absolute Gasteiger partial charge is 0.383 e. The number of hydrogen-bond donors (Lipinski definition) is 0. The Balaban J connectivity index is 2.23. The Labute approximate surface area is 121 Å². The summed E-state index contributed by atoms with van der Waals surface area (Å²) in [4.78, 5) is 14.0. The normalized spacial score (nSPS) is 16.6. The van der Waals surface area contributed by atoms with Crippen LogP contribution in [0, 0.1) is 0 Å². The molecule has 0 heterocycles. The van der Waals surface area contributed by atoms with Crippen LogP contribution in [0.4, 0.5) is 13.2 Å². The van der Waals surface area contributed by atoms with Crippen LogP contribution in [0.2, 0.25) is 0 Å². The van der Waals surface area contributed by atoms with Gasteiger partial charge in [-0.3, -0.25) is 4.79 Å². The lowest BCUT2D eigenvalue weighted by Gasteiger charge is -2.24. The van der Waals surface area contributed by atoms with Gasteiger partial charge in [-0.1, -0.05) is 18.2 Å². The molecule has 1 amide bonds. The van der Waals surface area contributed by atoms with Gasteiger partial charge < -0.3 is 9.64 Å². The highest BCUT2D eigenvalue weighted by Gasteiger charge is 2.52. The number of ether oxygens (including phenoxy) is 1. The SMILES string of the molecule is COCCN(C)C(=O)C1(c2cccc(C(F)(F)F)c2)CC1. The molecule has 1 aromatic carbocycles. The Morgan fingerprint density at radius 3 is 2.57 bits per heavy atom. The zero-order valence-electron chi connectivity index (χ0n) is 12.0. The van der Waals surface area contributed by atoms with E-state index in [4.69, 9.17) is 4.74 Å². The average molecular weight is 301 g/mol. The Kier molecular flexibility index (Phi) is 4.27. The Morgan fingerprint density at radius 1 is 1.38 bits per heavy atom. The first-order valence-electron chi connectivity index (χ1n) is 6.73. The molecule has 2 rings (SSSR count). The van der Waals surface area contributed by atoms with E-state index in [-0.39, 0.29) is 5.91 Å². The fourth-order valence-corrected chi connectivity index (χ4v) is 2.44. The topological polar surface area (TPSA) is 29.5 Å². The van der Waals surface area contributed by atoms with Gasteiger partial charge in [0.1, 0.15) is 0 Å². The second-order valence-corrected chi connectivity index (χ2v) is 5.38. The summed E-state index contributed by atoms with van der Waals surface area (Å²) >= 11 is 0. The number of likely N-dealkylation sites (N-methyl/N-ethyl adjacent to an activating group) is 1. The average Bonchev–Trinajstić information content (AvgIpc) is 3.25. The molecule has 0 spiro atoms. The molecular formula is C15H18F3NO2. The van der Waals surface area contributed by atoms with E-state index < -0.39 is 17.2 Å². The van der Waals surface area contributed by atoms with Gasteiger partial charge in [-0.15, -0.1) is 0 Å². The van der Waals surface area contributed by atoms with E-state index in [2.05, 4.69) is 0 Å². The second kappa shape index (κ2) is 5.67. The zero-order valence-corrected chi connectivity index (χ0v) is 12.0. The molecule has 0 N–H and O–H groups in total. The van der Waals surface area contributed by atoms with Crippen LogP contribution in [0.5, 0.6) is 0 Å². The van der Waals surface area contributed by atoms with Crippen molar-refractivity contribution in [3.8, 4) is 0 Å². The van der Waals surface area contributed by atoms with Gasteiger partial charge in [-0.05, 0) is 24.5 Å². The molecule has 1 fully saturated rings. The molecule has 21 heavy (non-hydrogen) atoms. The molecule has 0 aromatic heterocycles. The van der Waals surface area contributed by atoms with E-state index >= 15 is 0 Å². The van der Waals surface area contributed by atoms with Crippen molar-refractivity contribution in [1.29, 1.82) is 0 Å². The quantitative estimate of drug-likeness (QED) is 0.837. The molecule has 0 unspecified atom stereocenters. The number of methoxy groups -OCH3 is 1. The minimum absolute atomic E-state index is 0.140. The van der Waals surface area contributed by atoms with Crippen molar-refractivity contribution in [2.75, 3.05) is 27.3 Å². The van der Waals surface area contributed by atoms with Crippen molar-refractivity contribution >= 4 is 5.91 Å². The summed E-state index contributed by atoms with van der Waals surface area (Å²) in [6, 6.07) is 5.08. The van der Waals surface area contributed by atoms with Crippen LogP contribution < -0.4 is 0 Å². The van der Waals surface area contributed by atoms with E-state index in [1.54, 1.807) is 13.1 Å². The number of halogens is 3. The first-order chi connectivity index (χ1) is 9.81. The number of amides is 1. The van der Waals surface area contributed by atoms with Crippen molar-refractivity contribution in [3.05, 3.63) is 35.4 Å². The van der Waals surface area contributed by atoms with Gasteiger partial charge in [0.25, 0.3) is 0 Å². The number of carbonyl (C=O) groups is 1. The summed E-state index contributed by atoms with van der Waals surface area (Å²) in [6.07, 6.45) is -3.22. The highest BCUT2D eigenvalue weighted by molar-refractivity contribution is 5.91. The Hall–Kier alpha value is -1.56. The highest BCUT2D eigenvalue weighted by atomic mass is 19.4. The summed E-state index contributed by atoms with van der Waals surface area (Å²) < 4.78 is 43.3. The van der Waals surface area contributed by atoms with Gasteiger partial charge in [-0.2, -0.15) is 13.2 Å². The van der Waals surface area contributed by atoms with Gasteiger partial charge >= 0.3 is 6.18 Å². The minimum atomic E-state index is -4.39. The van der Waals surface area contributed by atoms with Crippen molar-refractivity contribution in [2.24, 2.45) is 0 Å². The molecule has 0 atom stereocenters. The van der Waals surface area contributed by atoms with E-state index in [0.717, 1.165) is 12.1 Å². The lowest BCUT2D eigenvalue weighted by molar-refractivity contribution is -0.138. The molecule has 1 saturated carbocycles. The van der Waals surface area contributed by atoms with Crippen LogP contribution in [0.25, 0.3) is 0 Å². The first-order valence-corrected chi connectivity index (χ1v) is 6.73. The van der Waals surface area contributed by atoms with Gasteiger partial charge in [0.05, 0.1) is 17.6 Å². The molecule has 0 radical (unpaired) electrons. The summed E-state index contributed by atoms with van der Waals surface area (Å²) in [6.45, 7) is 0.830. The van der Waals surface area contributed by atoms with Gasteiger partial charge in [-0.25, -0.2) is 0 Å². The van der Waals surface area contributed by atoms with Crippen LogP contribution in [-0.2, 0) is 21.1 Å². The third-order valence-corrected chi connectivity index (χ3v) is 3.88. The van der Waals surface area contributed by atoms with E-state index in [9.17, 15) is 18.0 Å². The third-order valence-electron chi connectivity index (χ3n) is 3.88. The van der Waals surface area contributed by atoms with Crippen LogP contribution in [0.1, 0.15) is 24.0 Å². The number of nitrogens with zero attached hydrogens (tertiary/aromatic N) is 1. The monoisotopic (exact) mass is 301 g/mol. The maximum absolute atomic E-state index is 12.8. The largest absolute Gasteiger partial charge is 0.416 e. The Morgan fingerprint density at radius 2 is 2.05 bits per heavy atom. The van der Waals surface area contributed by atoms with E-state index in [1.165, 1.54) is 18.1 Å². The molecular weight excluding hydrogens is 283 g/mol. The highest BCUT2D eigenvalue weighted by Crippen LogP contribution is 2.50. The number of benzene rings is 1. The Bertz CT molecular complexity index is 524. The summed E-state index contributed by atoms with van der Waals surface area (Å²) in [5.41, 5.74) is -1.05. The van der Waals surface area contributed by atoms with Gasteiger partial charge in [0.15, 0.2) is 0 Å². The van der Waals surface area contributed by atoms with Crippen LogP contribution >= 0.6 is 0 Å². The number of alkyl halides is 3. The van der Waals surface area contributed by atoms with Crippen molar-refractivity contribution in [2.45, 2.75) is 24.4 Å². The second-order valence-electron chi connectivity index (χ2n) is 5.38. The molecule has 0 bridgehead atoms. The summed E-state index contributed by atoms with van der Waals surface area (Å²) in [5, 5.41) is 0. The van der Waals surface area contributed by atoms with Crippen molar-refractivity contribution in [3.63, 3.8) is 0 Å². The molecule has 0 aliphatic heterocycles. The maximum Gasteiger partial charge on any atom is 0.416 e. The lowest BCUT2D eigenvalue weighted by Crippen LogP contribution is -2.38. The van der Waals surface area contributed by atoms with E-state index in [0.29, 0.717) is 31.6 Å². The lowest BCUT2D eigenvalue weighted by atomic mass is 9.92. The summed E-state index contributed by atoms with van der Waals surface area (Å²) in [7, 11) is 3.19. The molecule has 0 saturated heterocycles. The fraction of sp³-hybridized carbons (Fsp3) is 0.533. The molecule has 1 aliphatic rings. The maximum atomic E-state index is 12.8. The molecule has 3 nitrogen and oxygen atoms in total. The molecule has 1 aliphatic carbocycles. The van der Waals surface area contributed by atoms with Gasteiger partial charge in [0, 0.05) is 20.7 Å². The molecule has 1 aromatic rings. The number of hydrogen-bond acceptors (Lipinski definition) is 2. The van der Waals surface area contributed by atoms with Crippen LogP contribution in [0.3, 0.4) is 0 Å². The first kappa shape index (κ1) is 15.8. The predicted octanol–water partition coefficient (Wildman–Crippen LogP) is 2.84. The van der Waals surface area contributed by atoms with Gasteiger partial charge in [0.2, 0.25) is 5.91 Å². The molecule has 6 heteroatoms. The standard InChI is InChI=1S/C15H18F3NO2/c1-19(8-9-21-2)13(20)14(6-7-14)11-4-3-5-12(10-11)15(16,17)18/h3-5,10H,6-9H2,1-2H3. The summed E-state index contributed by atoms with van der Waals surface area (Å²) in [5.74, 6) is -0.140. The fourth-order valence-electron chi connectivity index (χ4n) is 2.44.